The fourth-order valence-corrected chi connectivity index (χ4v) is 2.83. The molecule has 2 N–H and O–H groups in total. The Hall–Kier alpha value is -0.770. The van der Waals surface area contributed by atoms with Crippen molar-refractivity contribution in [3.05, 3.63) is 33.8 Å². The number of carbonyl (C=O) groups excluding carboxylic acids is 1. The van der Waals surface area contributed by atoms with Gasteiger partial charge in [-0.1, -0.05) is 23.2 Å². The molecule has 19 heavy (non-hydrogen) atoms. The largest absolute Gasteiger partial charge is 0.338 e. The minimum Gasteiger partial charge on any atom is -0.338 e. The molecule has 1 heterocycles. The van der Waals surface area contributed by atoms with Gasteiger partial charge in [0.2, 0.25) is 0 Å². The van der Waals surface area contributed by atoms with Crippen LogP contribution in [0.5, 0.6) is 0 Å². The molecule has 104 valence electrons. The number of benzene rings is 1. The molecule has 0 radical (unpaired) electrons. The van der Waals surface area contributed by atoms with Gasteiger partial charge >= 0.3 is 0 Å². The first-order chi connectivity index (χ1) is 8.99. The molecule has 5 heteroatoms. The topological polar surface area (TPSA) is 46.3 Å². The van der Waals surface area contributed by atoms with E-state index in [9.17, 15) is 4.79 Å². The van der Waals surface area contributed by atoms with Crippen molar-refractivity contribution < 1.29 is 4.79 Å². The Morgan fingerprint density at radius 2 is 2.21 bits per heavy atom. The first-order valence-electron chi connectivity index (χ1n) is 6.49. The zero-order chi connectivity index (χ0) is 14.0. The number of likely N-dealkylation sites (tertiary alicyclic amines) is 1. The van der Waals surface area contributed by atoms with Crippen LogP contribution in [-0.4, -0.2) is 29.9 Å². The summed E-state index contributed by atoms with van der Waals surface area (Å²) in [4.78, 5) is 14.3. The van der Waals surface area contributed by atoms with Gasteiger partial charge < -0.3 is 10.6 Å². The Balaban J connectivity index is 2.17. The van der Waals surface area contributed by atoms with Crippen LogP contribution in [-0.2, 0) is 0 Å². The van der Waals surface area contributed by atoms with E-state index in [1.54, 1.807) is 18.2 Å². The second-order valence-corrected chi connectivity index (χ2v) is 5.98. The number of amides is 1. The molecular formula is C14H18Cl2N2O. The van der Waals surface area contributed by atoms with Crippen molar-refractivity contribution in [1.29, 1.82) is 0 Å². The van der Waals surface area contributed by atoms with Crippen LogP contribution in [0.3, 0.4) is 0 Å². The fraction of sp³-hybridized carbons (Fsp3) is 0.500. The van der Waals surface area contributed by atoms with Crippen molar-refractivity contribution in [3.8, 4) is 0 Å². The molecule has 2 rings (SSSR count). The summed E-state index contributed by atoms with van der Waals surface area (Å²) in [6.07, 6.45) is 2.06. The Labute approximate surface area is 123 Å². The molecule has 1 aliphatic rings. The summed E-state index contributed by atoms with van der Waals surface area (Å²) < 4.78 is 0. The Morgan fingerprint density at radius 1 is 1.47 bits per heavy atom. The smallest absolute Gasteiger partial charge is 0.255 e. The summed E-state index contributed by atoms with van der Waals surface area (Å²) in [7, 11) is 0. The molecule has 0 spiro atoms. The van der Waals surface area contributed by atoms with Crippen molar-refractivity contribution in [1.82, 2.24) is 4.90 Å². The van der Waals surface area contributed by atoms with Crippen molar-refractivity contribution >= 4 is 29.1 Å². The normalized spacial score (nSPS) is 21.3. The molecule has 2 atom stereocenters. The molecule has 0 aliphatic carbocycles. The van der Waals surface area contributed by atoms with E-state index in [1.807, 2.05) is 11.8 Å². The lowest BCUT2D eigenvalue weighted by atomic mass is 9.92. The highest BCUT2D eigenvalue weighted by molar-refractivity contribution is 6.35. The summed E-state index contributed by atoms with van der Waals surface area (Å²) in [5, 5.41) is 0.964. The van der Waals surface area contributed by atoms with E-state index in [0.717, 1.165) is 19.4 Å². The number of piperidine rings is 1. The van der Waals surface area contributed by atoms with Gasteiger partial charge in [0.05, 0.1) is 10.6 Å². The van der Waals surface area contributed by atoms with Crippen LogP contribution in [0.2, 0.25) is 10.0 Å². The molecule has 0 aromatic heterocycles. The van der Waals surface area contributed by atoms with Crippen molar-refractivity contribution in [2.24, 2.45) is 11.7 Å². The van der Waals surface area contributed by atoms with Crippen LogP contribution in [0.25, 0.3) is 0 Å². The number of hydrogen-bond acceptors (Lipinski definition) is 2. The lowest BCUT2D eigenvalue weighted by Gasteiger charge is -2.34. The van der Waals surface area contributed by atoms with Crippen LogP contribution in [0.4, 0.5) is 0 Å². The van der Waals surface area contributed by atoms with Crippen LogP contribution >= 0.6 is 23.2 Å². The SMILES string of the molecule is C[C@H](N)[C@@H]1CCCN(C(=O)c2cc(Cl)ccc2Cl)C1. The van der Waals surface area contributed by atoms with E-state index in [4.69, 9.17) is 28.9 Å². The first-order valence-corrected chi connectivity index (χ1v) is 7.24. The summed E-state index contributed by atoms with van der Waals surface area (Å²) in [6.45, 7) is 3.44. The van der Waals surface area contributed by atoms with Gasteiger partial charge in [0.1, 0.15) is 0 Å². The number of carbonyl (C=O) groups is 1. The number of hydrogen-bond donors (Lipinski definition) is 1. The number of halogens is 2. The molecule has 1 aromatic rings. The highest BCUT2D eigenvalue weighted by atomic mass is 35.5. The zero-order valence-electron chi connectivity index (χ0n) is 10.9. The maximum atomic E-state index is 12.5. The standard InChI is InChI=1S/C14H18Cl2N2O/c1-9(17)10-3-2-6-18(8-10)14(19)12-7-11(15)4-5-13(12)16/h4-5,7,9-10H,2-3,6,8,17H2,1H3/t9-,10+/m0/s1. The predicted octanol–water partition coefficient (Wildman–Crippen LogP) is 3.19. The van der Waals surface area contributed by atoms with Crippen molar-refractivity contribution in [2.45, 2.75) is 25.8 Å². The van der Waals surface area contributed by atoms with Crippen molar-refractivity contribution in [2.75, 3.05) is 13.1 Å². The minimum absolute atomic E-state index is 0.0575. The second kappa shape index (κ2) is 6.12. The van der Waals surface area contributed by atoms with E-state index in [0.29, 0.717) is 28.1 Å². The van der Waals surface area contributed by atoms with E-state index >= 15 is 0 Å². The number of nitrogens with two attached hydrogens (primary N) is 1. The van der Waals surface area contributed by atoms with Crippen LogP contribution in [0.1, 0.15) is 30.1 Å². The van der Waals surface area contributed by atoms with Gasteiger partial charge in [0.15, 0.2) is 0 Å². The quantitative estimate of drug-likeness (QED) is 0.912. The molecule has 0 bridgehead atoms. The maximum Gasteiger partial charge on any atom is 0.255 e. The molecule has 1 aliphatic heterocycles. The third-order valence-electron chi connectivity index (χ3n) is 3.65. The number of rotatable bonds is 2. The van der Waals surface area contributed by atoms with Gasteiger partial charge in [-0.3, -0.25) is 4.79 Å². The predicted molar refractivity (Wildman–Crippen MR) is 78.7 cm³/mol. The zero-order valence-corrected chi connectivity index (χ0v) is 12.4. The van der Waals surface area contributed by atoms with Gasteiger partial charge in [-0.2, -0.15) is 0 Å². The third-order valence-corrected chi connectivity index (χ3v) is 4.21. The van der Waals surface area contributed by atoms with E-state index < -0.39 is 0 Å². The van der Waals surface area contributed by atoms with Gasteiger partial charge in [-0.05, 0) is 43.9 Å². The molecule has 1 fully saturated rings. The Morgan fingerprint density at radius 3 is 2.89 bits per heavy atom. The first kappa shape index (κ1) is 14.6. The Bertz CT molecular complexity index is 477. The summed E-state index contributed by atoms with van der Waals surface area (Å²) >= 11 is 12.0. The molecule has 3 nitrogen and oxygen atoms in total. The van der Waals surface area contributed by atoms with Crippen LogP contribution in [0, 0.1) is 5.92 Å². The third kappa shape index (κ3) is 3.41. The van der Waals surface area contributed by atoms with E-state index in [2.05, 4.69) is 0 Å². The lowest BCUT2D eigenvalue weighted by molar-refractivity contribution is 0.0661. The van der Waals surface area contributed by atoms with Gasteiger partial charge in [-0.15, -0.1) is 0 Å². The van der Waals surface area contributed by atoms with E-state index in [1.165, 1.54) is 0 Å². The fourth-order valence-electron chi connectivity index (χ4n) is 2.46. The maximum absolute atomic E-state index is 12.5. The second-order valence-electron chi connectivity index (χ2n) is 5.14. The van der Waals surface area contributed by atoms with Crippen molar-refractivity contribution in [3.63, 3.8) is 0 Å². The monoisotopic (exact) mass is 300 g/mol. The van der Waals surface area contributed by atoms with E-state index in [-0.39, 0.29) is 11.9 Å². The van der Waals surface area contributed by atoms with Gasteiger partial charge in [0.25, 0.3) is 5.91 Å². The van der Waals surface area contributed by atoms with Crippen LogP contribution in [0.15, 0.2) is 18.2 Å². The molecule has 1 aromatic carbocycles. The molecule has 0 unspecified atom stereocenters. The lowest BCUT2D eigenvalue weighted by Crippen LogP contribution is -2.45. The average molecular weight is 301 g/mol. The molecule has 1 amide bonds. The summed E-state index contributed by atoms with van der Waals surface area (Å²) in [5.74, 6) is 0.300. The Kier molecular flexibility index (Phi) is 4.71. The summed E-state index contributed by atoms with van der Waals surface area (Å²) in [6, 6.07) is 5.07. The average Bonchev–Trinajstić information content (AvgIpc) is 2.41. The van der Waals surface area contributed by atoms with Gasteiger partial charge in [-0.25, -0.2) is 0 Å². The van der Waals surface area contributed by atoms with Crippen LogP contribution < -0.4 is 5.73 Å². The number of nitrogens with zero attached hydrogens (tertiary/aromatic N) is 1. The molecular weight excluding hydrogens is 283 g/mol. The molecule has 1 saturated heterocycles. The minimum atomic E-state index is -0.0575. The molecule has 0 saturated carbocycles. The van der Waals surface area contributed by atoms with Gasteiger partial charge in [0, 0.05) is 24.2 Å². The highest BCUT2D eigenvalue weighted by Crippen LogP contribution is 2.25. The summed E-state index contributed by atoms with van der Waals surface area (Å²) in [5.41, 5.74) is 6.41. The highest BCUT2D eigenvalue weighted by Gasteiger charge is 2.27.